The molecule has 2 N–H and O–H groups in total. The zero-order valence-corrected chi connectivity index (χ0v) is 18.3. The minimum absolute atomic E-state index is 0.624. The third kappa shape index (κ3) is 5.75. The second kappa shape index (κ2) is 11.2. The molecule has 6 heteroatoms. The molecule has 29 heavy (non-hydrogen) atoms. The molecule has 3 rings (SSSR count). The Bertz CT molecular complexity index is 893. The molecule has 2 aromatic carbocycles. The van der Waals surface area contributed by atoms with Crippen LogP contribution < -0.4 is 10.6 Å². The molecular formula is C23H28Cl2N4. The lowest BCUT2D eigenvalue weighted by Crippen LogP contribution is -2.32. The number of rotatable bonds is 11. The van der Waals surface area contributed by atoms with Crippen LogP contribution in [0, 0.1) is 0 Å². The lowest BCUT2D eigenvalue weighted by Gasteiger charge is -2.20. The van der Waals surface area contributed by atoms with E-state index < -0.39 is 0 Å². The van der Waals surface area contributed by atoms with Gasteiger partial charge in [-0.2, -0.15) is 0 Å². The standard InChI is InChI=1S/C23H28Cl2N4/c1-2-26-23-22(21-6-4-3-5-19(21)17-28-23)18-7-9-20(10-8-18)27-13-16-29(14-11-24)15-12-25/h3-10,17,27H,2,11-16H2,1H3,(H,26,28). The van der Waals surface area contributed by atoms with Gasteiger partial charge in [-0.15, -0.1) is 23.2 Å². The molecule has 1 heterocycles. The molecular weight excluding hydrogens is 403 g/mol. The Labute approximate surface area is 183 Å². The molecule has 0 amide bonds. The van der Waals surface area contributed by atoms with Crippen LogP contribution in [-0.2, 0) is 0 Å². The summed E-state index contributed by atoms with van der Waals surface area (Å²) in [6.07, 6.45) is 1.93. The number of alkyl halides is 2. The highest BCUT2D eigenvalue weighted by Crippen LogP contribution is 2.34. The highest BCUT2D eigenvalue weighted by molar-refractivity contribution is 6.18. The molecule has 0 unspecified atom stereocenters. The van der Waals surface area contributed by atoms with Gasteiger partial charge >= 0.3 is 0 Å². The Hall–Kier alpha value is -2.01. The molecule has 154 valence electrons. The molecule has 0 bridgehead atoms. The molecule has 0 atom stereocenters. The molecule has 0 aliphatic heterocycles. The van der Waals surface area contributed by atoms with Crippen molar-refractivity contribution >= 4 is 45.5 Å². The predicted molar refractivity (Wildman–Crippen MR) is 128 cm³/mol. The van der Waals surface area contributed by atoms with Gasteiger partial charge in [0, 0.05) is 67.3 Å². The van der Waals surface area contributed by atoms with Crippen LogP contribution in [-0.4, -0.2) is 54.4 Å². The van der Waals surface area contributed by atoms with Gasteiger partial charge in [0.2, 0.25) is 0 Å². The number of pyridine rings is 1. The quantitative estimate of drug-likeness (QED) is 0.392. The summed E-state index contributed by atoms with van der Waals surface area (Å²) < 4.78 is 0. The number of anilines is 2. The summed E-state index contributed by atoms with van der Waals surface area (Å²) in [6, 6.07) is 16.9. The number of nitrogens with zero attached hydrogens (tertiary/aromatic N) is 2. The third-order valence-electron chi connectivity index (χ3n) is 4.88. The fourth-order valence-corrected chi connectivity index (χ4v) is 3.92. The van der Waals surface area contributed by atoms with Crippen LogP contribution in [0.1, 0.15) is 6.92 Å². The summed E-state index contributed by atoms with van der Waals surface area (Å²) >= 11 is 11.7. The van der Waals surface area contributed by atoms with Gasteiger partial charge in [0.1, 0.15) is 5.82 Å². The summed E-state index contributed by atoms with van der Waals surface area (Å²) in [5.74, 6) is 2.17. The van der Waals surface area contributed by atoms with Gasteiger partial charge in [-0.3, -0.25) is 4.90 Å². The van der Waals surface area contributed by atoms with Crippen molar-refractivity contribution in [3.63, 3.8) is 0 Å². The smallest absolute Gasteiger partial charge is 0.134 e. The lowest BCUT2D eigenvalue weighted by atomic mass is 9.99. The molecule has 3 aromatic rings. The maximum atomic E-state index is 5.86. The SMILES string of the molecule is CCNc1ncc2ccccc2c1-c1ccc(NCCN(CCCl)CCCl)cc1. The number of aromatic nitrogens is 1. The molecule has 4 nitrogen and oxygen atoms in total. The van der Waals surface area contributed by atoms with Crippen molar-refractivity contribution in [2.75, 3.05) is 55.1 Å². The predicted octanol–water partition coefficient (Wildman–Crippen LogP) is 5.53. The minimum atomic E-state index is 0.624. The summed E-state index contributed by atoms with van der Waals surface area (Å²) in [5.41, 5.74) is 3.40. The van der Waals surface area contributed by atoms with Gasteiger partial charge in [0.15, 0.2) is 0 Å². The van der Waals surface area contributed by atoms with Crippen molar-refractivity contribution < 1.29 is 0 Å². The number of hydrogen-bond donors (Lipinski definition) is 2. The van der Waals surface area contributed by atoms with E-state index in [2.05, 4.69) is 69.9 Å². The van der Waals surface area contributed by atoms with Crippen LogP contribution in [0.15, 0.2) is 54.7 Å². The van der Waals surface area contributed by atoms with E-state index in [-0.39, 0.29) is 0 Å². The van der Waals surface area contributed by atoms with Gasteiger partial charge in [-0.1, -0.05) is 36.4 Å². The summed E-state index contributed by atoms with van der Waals surface area (Å²) in [6.45, 7) is 6.40. The first-order valence-electron chi connectivity index (χ1n) is 10.1. The van der Waals surface area contributed by atoms with Gasteiger partial charge in [0.05, 0.1) is 0 Å². The van der Waals surface area contributed by atoms with Crippen LogP contribution >= 0.6 is 23.2 Å². The monoisotopic (exact) mass is 430 g/mol. The van der Waals surface area contributed by atoms with E-state index in [4.69, 9.17) is 23.2 Å². The van der Waals surface area contributed by atoms with E-state index in [1.54, 1.807) is 0 Å². The average molecular weight is 431 g/mol. The van der Waals surface area contributed by atoms with Crippen molar-refractivity contribution in [1.29, 1.82) is 0 Å². The number of nitrogens with one attached hydrogen (secondary N) is 2. The molecule has 0 radical (unpaired) electrons. The minimum Gasteiger partial charge on any atom is -0.384 e. The van der Waals surface area contributed by atoms with E-state index >= 15 is 0 Å². The molecule has 0 aliphatic carbocycles. The first-order chi connectivity index (χ1) is 14.3. The topological polar surface area (TPSA) is 40.2 Å². The Balaban J connectivity index is 1.76. The number of fused-ring (bicyclic) bond motifs is 1. The van der Waals surface area contributed by atoms with Crippen LogP contribution in [0.5, 0.6) is 0 Å². The molecule has 1 aromatic heterocycles. The van der Waals surface area contributed by atoms with Crippen molar-refractivity contribution in [2.45, 2.75) is 6.92 Å². The first kappa shape index (κ1) is 21.7. The third-order valence-corrected chi connectivity index (χ3v) is 5.21. The summed E-state index contributed by atoms with van der Waals surface area (Å²) in [4.78, 5) is 6.92. The fraction of sp³-hybridized carbons (Fsp3) is 0.348. The highest BCUT2D eigenvalue weighted by Gasteiger charge is 2.11. The average Bonchev–Trinajstić information content (AvgIpc) is 2.75. The largest absolute Gasteiger partial charge is 0.384 e. The maximum absolute atomic E-state index is 5.86. The summed E-state index contributed by atoms with van der Waals surface area (Å²) in [7, 11) is 0. The van der Waals surface area contributed by atoms with Crippen LogP contribution in [0.2, 0.25) is 0 Å². The van der Waals surface area contributed by atoms with E-state index in [9.17, 15) is 0 Å². The zero-order valence-electron chi connectivity index (χ0n) is 16.8. The fourth-order valence-electron chi connectivity index (χ4n) is 3.44. The zero-order chi connectivity index (χ0) is 20.5. The number of halogens is 2. The molecule has 0 aliphatic rings. The maximum Gasteiger partial charge on any atom is 0.134 e. The molecule has 0 fully saturated rings. The van der Waals surface area contributed by atoms with E-state index in [1.807, 2.05) is 12.3 Å². The van der Waals surface area contributed by atoms with Gasteiger partial charge in [-0.05, 0) is 30.0 Å². The van der Waals surface area contributed by atoms with Crippen molar-refractivity contribution in [1.82, 2.24) is 9.88 Å². The van der Waals surface area contributed by atoms with Gasteiger partial charge in [0.25, 0.3) is 0 Å². The second-order valence-corrected chi connectivity index (χ2v) is 7.58. The highest BCUT2D eigenvalue weighted by atomic mass is 35.5. The normalized spacial score (nSPS) is 11.2. The number of hydrogen-bond acceptors (Lipinski definition) is 4. The lowest BCUT2D eigenvalue weighted by molar-refractivity contribution is 0.319. The Morgan fingerprint density at radius 3 is 2.31 bits per heavy atom. The van der Waals surface area contributed by atoms with Crippen LogP contribution in [0.4, 0.5) is 11.5 Å². The number of benzene rings is 2. The van der Waals surface area contributed by atoms with E-state index in [1.165, 1.54) is 5.39 Å². The Morgan fingerprint density at radius 2 is 1.62 bits per heavy atom. The molecule has 0 spiro atoms. The van der Waals surface area contributed by atoms with Crippen LogP contribution in [0.25, 0.3) is 21.9 Å². The van der Waals surface area contributed by atoms with E-state index in [0.29, 0.717) is 11.8 Å². The Morgan fingerprint density at radius 1 is 0.897 bits per heavy atom. The first-order valence-corrected chi connectivity index (χ1v) is 11.1. The van der Waals surface area contributed by atoms with Crippen LogP contribution in [0.3, 0.4) is 0 Å². The Kier molecular flexibility index (Phi) is 8.41. The van der Waals surface area contributed by atoms with Gasteiger partial charge in [-0.25, -0.2) is 4.98 Å². The van der Waals surface area contributed by atoms with Gasteiger partial charge < -0.3 is 10.6 Å². The second-order valence-electron chi connectivity index (χ2n) is 6.82. The molecule has 0 saturated heterocycles. The summed E-state index contributed by atoms with van der Waals surface area (Å²) in [5, 5.41) is 9.24. The van der Waals surface area contributed by atoms with Crippen molar-refractivity contribution in [3.8, 4) is 11.1 Å². The molecule has 0 saturated carbocycles. The van der Waals surface area contributed by atoms with Crippen molar-refractivity contribution in [3.05, 3.63) is 54.7 Å². The van der Waals surface area contributed by atoms with Crippen molar-refractivity contribution in [2.24, 2.45) is 0 Å². The van der Waals surface area contributed by atoms with E-state index in [0.717, 1.165) is 60.7 Å².